The van der Waals surface area contributed by atoms with E-state index in [1.165, 1.54) is 4.90 Å². The van der Waals surface area contributed by atoms with E-state index in [-0.39, 0.29) is 12.5 Å². The first kappa shape index (κ1) is 11.5. The highest BCUT2D eigenvalue weighted by Crippen LogP contribution is 2.20. The molecule has 0 aliphatic rings. The number of amides is 1. The Hall–Kier alpha value is -2.03. The fourth-order valence-corrected chi connectivity index (χ4v) is 1.47. The SMILES string of the molecule is CN(C)C(=O)COc1ccc2c[c]ccc2c1. The van der Waals surface area contributed by atoms with Crippen molar-refractivity contribution in [1.82, 2.24) is 4.90 Å². The van der Waals surface area contributed by atoms with Crippen molar-refractivity contribution in [3.05, 3.63) is 42.5 Å². The molecule has 17 heavy (non-hydrogen) atoms. The van der Waals surface area contributed by atoms with Gasteiger partial charge in [-0.3, -0.25) is 4.79 Å². The van der Waals surface area contributed by atoms with E-state index in [9.17, 15) is 4.79 Å². The Labute approximate surface area is 101 Å². The third-order valence-corrected chi connectivity index (χ3v) is 2.52. The molecule has 0 aromatic heterocycles. The standard InChI is InChI=1S/C14H14NO2/c1-15(2)14(16)10-17-13-8-7-11-5-3-4-6-12(11)9-13/h4-9H,10H2,1-2H3. The molecule has 87 valence electrons. The summed E-state index contributed by atoms with van der Waals surface area (Å²) in [5.74, 6) is 0.658. The van der Waals surface area contributed by atoms with Gasteiger partial charge in [-0.05, 0) is 35.0 Å². The average molecular weight is 228 g/mol. The first-order chi connectivity index (χ1) is 8.16. The molecule has 2 aromatic carbocycles. The zero-order valence-corrected chi connectivity index (χ0v) is 9.93. The molecule has 1 radical (unpaired) electrons. The second-order valence-electron chi connectivity index (χ2n) is 4.01. The lowest BCUT2D eigenvalue weighted by molar-refractivity contribution is -0.130. The molecule has 0 fully saturated rings. The lowest BCUT2D eigenvalue weighted by Crippen LogP contribution is -2.27. The average Bonchev–Trinajstić information content (AvgIpc) is 2.35. The number of hydrogen-bond acceptors (Lipinski definition) is 2. The molecule has 0 bridgehead atoms. The summed E-state index contributed by atoms with van der Waals surface area (Å²) in [7, 11) is 3.42. The summed E-state index contributed by atoms with van der Waals surface area (Å²) in [5, 5.41) is 2.19. The van der Waals surface area contributed by atoms with E-state index in [2.05, 4.69) is 6.07 Å². The normalized spacial score (nSPS) is 10.2. The van der Waals surface area contributed by atoms with Crippen molar-refractivity contribution >= 4 is 16.7 Å². The quantitative estimate of drug-likeness (QED) is 0.805. The van der Waals surface area contributed by atoms with E-state index in [4.69, 9.17) is 4.74 Å². The Bertz CT molecular complexity index is 534. The van der Waals surface area contributed by atoms with Crippen molar-refractivity contribution in [3.8, 4) is 5.75 Å². The first-order valence-corrected chi connectivity index (χ1v) is 5.39. The van der Waals surface area contributed by atoms with Crippen molar-refractivity contribution in [1.29, 1.82) is 0 Å². The Morgan fingerprint density at radius 3 is 2.88 bits per heavy atom. The molecule has 0 N–H and O–H groups in total. The van der Waals surface area contributed by atoms with Crippen molar-refractivity contribution in [2.45, 2.75) is 0 Å². The summed E-state index contributed by atoms with van der Waals surface area (Å²) in [5.41, 5.74) is 0. The van der Waals surface area contributed by atoms with Crippen LogP contribution in [-0.2, 0) is 4.79 Å². The first-order valence-electron chi connectivity index (χ1n) is 5.39. The number of benzene rings is 2. The maximum Gasteiger partial charge on any atom is 0.259 e. The topological polar surface area (TPSA) is 29.5 Å². The monoisotopic (exact) mass is 228 g/mol. The fourth-order valence-electron chi connectivity index (χ4n) is 1.47. The highest BCUT2D eigenvalue weighted by atomic mass is 16.5. The molecule has 0 saturated heterocycles. The van der Waals surface area contributed by atoms with Gasteiger partial charge in [0.1, 0.15) is 5.75 Å². The molecule has 1 amide bonds. The molecule has 0 atom stereocenters. The van der Waals surface area contributed by atoms with Crippen LogP contribution < -0.4 is 4.74 Å². The fraction of sp³-hybridized carbons (Fsp3) is 0.214. The van der Waals surface area contributed by atoms with Gasteiger partial charge in [0.2, 0.25) is 0 Å². The molecule has 3 heteroatoms. The highest BCUT2D eigenvalue weighted by molar-refractivity contribution is 5.83. The number of carbonyl (C=O) groups excluding carboxylic acids is 1. The third kappa shape index (κ3) is 2.75. The highest BCUT2D eigenvalue weighted by Gasteiger charge is 2.04. The summed E-state index contributed by atoms with van der Waals surface area (Å²) < 4.78 is 5.44. The molecule has 0 unspecified atom stereocenters. The van der Waals surface area contributed by atoms with Crippen molar-refractivity contribution in [2.24, 2.45) is 0 Å². The predicted octanol–water partition coefficient (Wildman–Crippen LogP) is 2.11. The van der Waals surface area contributed by atoms with Crippen LogP contribution in [0.3, 0.4) is 0 Å². The van der Waals surface area contributed by atoms with Gasteiger partial charge in [-0.25, -0.2) is 0 Å². The summed E-state index contributed by atoms with van der Waals surface area (Å²) in [6.07, 6.45) is 0. The Balaban J connectivity index is 2.12. The molecular formula is C14H14NO2. The van der Waals surface area contributed by atoms with Crippen molar-refractivity contribution < 1.29 is 9.53 Å². The van der Waals surface area contributed by atoms with E-state index in [1.807, 2.05) is 36.4 Å². The Kier molecular flexibility index (Phi) is 3.28. The van der Waals surface area contributed by atoms with Crippen LogP contribution in [0.4, 0.5) is 0 Å². The summed E-state index contributed by atoms with van der Waals surface area (Å²) in [4.78, 5) is 12.9. The largest absolute Gasteiger partial charge is 0.484 e. The van der Waals surface area contributed by atoms with E-state index in [0.29, 0.717) is 5.75 Å². The second kappa shape index (κ2) is 4.87. The van der Waals surface area contributed by atoms with Crippen LogP contribution in [0, 0.1) is 6.07 Å². The van der Waals surface area contributed by atoms with E-state index >= 15 is 0 Å². The van der Waals surface area contributed by atoms with Gasteiger partial charge in [-0.1, -0.05) is 18.2 Å². The van der Waals surface area contributed by atoms with Crippen LogP contribution in [0.5, 0.6) is 5.75 Å². The lowest BCUT2D eigenvalue weighted by Gasteiger charge is -2.11. The van der Waals surface area contributed by atoms with Crippen LogP contribution in [-0.4, -0.2) is 31.5 Å². The number of likely N-dealkylation sites (N-methyl/N-ethyl adjacent to an activating group) is 1. The van der Waals surface area contributed by atoms with Gasteiger partial charge in [-0.2, -0.15) is 0 Å². The van der Waals surface area contributed by atoms with Gasteiger partial charge in [0.15, 0.2) is 6.61 Å². The van der Waals surface area contributed by atoms with Crippen LogP contribution in [0.1, 0.15) is 0 Å². The molecule has 0 spiro atoms. The molecule has 2 aromatic rings. The van der Waals surface area contributed by atoms with E-state index in [1.54, 1.807) is 14.1 Å². The molecule has 3 nitrogen and oxygen atoms in total. The van der Waals surface area contributed by atoms with Crippen molar-refractivity contribution in [3.63, 3.8) is 0 Å². The maximum atomic E-state index is 11.4. The van der Waals surface area contributed by atoms with E-state index in [0.717, 1.165) is 10.8 Å². The molecule has 0 heterocycles. The zero-order chi connectivity index (χ0) is 12.3. The van der Waals surface area contributed by atoms with Gasteiger partial charge in [0, 0.05) is 14.1 Å². The van der Waals surface area contributed by atoms with Crippen LogP contribution >= 0.6 is 0 Å². The van der Waals surface area contributed by atoms with Gasteiger partial charge >= 0.3 is 0 Å². The Morgan fingerprint density at radius 1 is 1.29 bits per heavy atom. The number of nitrogens with zero attached hydrogens (tertiary/aromatic N) is 1. The van der Waals surface area contributed by atoms with Crippen LogP contribution in [0.15, 0.2) is 36.4 Å². The van der Waals surface area contributed by atoms with Gasteiger partial charge < -0.3 is 9.64 Å². The number of fused-ring (bicyclic) bond motifs is 1. The zero-order valence-electron chi connectivity index (χ0n) is 9.93. The van der Waals surface area contributed by atoms with Gasteiger partial charge in [0.25, 0.3) is 5.91 Å². The van der Waals surface area contributed by atoms with Crippen molar-refractivity contribution in [2.75, 3.05) is 20.7 Å². The number of ether oxygens (including phenoxy) is 1. The number of hydrogen-bond donors (Lipinski definition) is 0. The van der Waals surface area contributed by atoms with Crippen LogP contribution in [0.25, 0.3) is 10.8 Å². The third-order valence-electron chi connectivity index (χ3n) is 2.52. The molecule has 0 aliphatic heterocycles. The summed E-state index contributed by atoms with van der Waals surface area (Å²) >= 11 is 0. The minimum atomic E-state index is -0.0495. The summed E-state index contributed by atoms with van der Waals surface area (Å²) in [6, 6.07) is 14.5. The number of carbonyl (C=O) groups is 1. The molecular weight excluding hydrogens is 214 g/mol. The minimum Gasteiger partial charge on any atom is -0.484 e. The maximum absolute atomic E-state index is 11.4. The second-order valence-corrected chi connectivity index (χ2v) is 4.01. The van der Waals surface area contributed by atoms with Gasteiger partial charge in [-0.15, -0.1) is 0 Å². The smallest absolute Gasteiger partial charge is 0.259 e. The lowest BCUT2D eigenvalue weighted by atomic mass is 10.1. The van der Waals surface area contributed by atoms with Gasteiger partial charge in [0.05, 0.1) is 0 Å². The molecule has 0 saturated carbocycles. The van der Waals surface area contributed by atoms with Crippen LogP contribution in [0.2, 0.25) is 0 Å². The van der Waals surface area contributed by atoms with E-state index < -0.39 is 0 Å². The molecule has 2 rings (SSSR count). The molecule has 0 aliphatic carbocycles. The number of rotatable bonds is 3. The summed E-state index contributed by atoms with van der Waals surface area (Å²) in [6.45, 7) is 0.0669. The minimum absolute atomic E-state index is 0.0495. The predicted molar refractivity (Wildman–Crippen MR) is 67.0 cm³/mol. The Morgan fingerprint density at radius 2 is 2.12 bits per heavy atom.